The van der Waals surface area contributed by atoms with E-state index >= 15 is 0 Å². The van der Waals surface area contributed by atoms with Gasteiger partial charge in [-0.05, 0) is 152 Å². The van der Waals surface area contributed by atoms with E-state index in [1.165, 1.54) is 66.8 Å². The lowest BCUT2D eigenvalue weighted by Crippen LogP contribution is -2.39. The van der Waals surface area contributed by atoms with Gasteiger partial charge in [0.15, 0.2) is 5.82 Å². The van der Waals surface area contributed by atoms with Crippen molar-refractivity contribution in [3.05, 3.63) is 281 Å². The zero-order valence-corrected chi connectivity index (χ0v) is 41.3. The van der Waals surface area contributed by atoms with E-state index in [1.807, 2.05) is 30.6 Å². The molecule has 0 radical (unpaired) electrons. The summed E-state index contributed by atoms with van der Waals surface area (Å²) in [6.45, 7) is 8.89. The van der Waals surface area contributed by atoms with Gasteiger partial charge >= 0.3 is 0 Å². The van der Waals surface area contributed by atoms with Crippen LogP contribution in [0, 0.1) is 27.7 Å². The highest BCUT2D eigenvalue weighted by Gasteiger charge is 2.49. The molecule has 73 heavy (non-hydrogen) atoms. The molecule has 0 amide bonds. The van der Waals surface area contributed by atoms with Crippen molar-refractivity contribution >= 4 is 34.1 Å². The lowest BCUT2D eigenvalue weighted by molar-refractivity contribution is 0.732. The van der Waals surface area contributed by atoms with E-state index in [4.69, 9.17) is 9.97 Å². The second kappa shape index (κ2) is 17.6. The Morgan fingerprint density at radius 1 is 0.315 bits per heavy atom. The highest BCUT2D eigenvalue weighted by atomic mass is 15.2. The lowest BCUT2D eigenvalue weighted by Gasteiger charge is -2.48. The van der Waals surface area contributed by atoms with Crippen molar-refractivity contribution in [3.8, 4) is 56.2 Å². The second-order valence-electron chi connectivity index (χ2n) is 19.5. The number of hydrogen-bond acceptors (Lipinski definition) is 5. The minimum atomic E-state index is -0.793. The van der Waals surface area contributed by atoms with Crippen LogP contribution in [-0.2, 0) is 5.41 Å². The molecule has 0 bridgehead atoms. The van der Waals surface area contributed by atoms with Gasteiger partial charge in [-0.3, -0.25) is 4.98 Å². The number of fused-ring (bicyclic) bond motifs is 12. The number of rotatable bonds is 5. The van der Waals surface area contributed by atoms with Gasteiger partial charge < -0.3 is 9.80 Å². The Labute approximate surface area is 427 Å². The van der Waals surface area contributed by atoms with Gasteiger partial charge in [-0.2, -0.15) is 0 Å². The summed E-state index contributed by atoms with van der Waals surface area (Å²) in [6.07, 6.45) is 3.62. The van der Waals surface area contributed by atoms with Gasteiger partial charge in [-0.15, -0.1) is 0 Å². The Morgan fingerprint density at radius 3 is 1.27 bits per heavy atom. The average molecular weight is 938 g/mol. The summed E-state index contributed by atoms with van der Waals surface area (Å²) in [4.78, 5) is 19.6. The smallest absolute Gasteiger partial charge is 0.160 e. The third kappa shape index (κ3) is 7.26. The largest absolute Gasteiger partial charge is 0.310 e. The average Bonchev–Trinajstić information content (AvgIpc) is 3.44. The Hall–Kier alpha value is -9.19. The van der Waals surface area contributed by atoms with Crippen LogP contribution in [0.25, 0.3) is 56.2 Å². The van der Waals surface area contributed by atoms with Gasteiger partial charge in [-0.1, -0.05) is 156 Å². The maximum atomic E-state index is 5.18. The number of benzene rings is 9. The molecule has 0 fully saturated rings. The Balaban J connectivity index is 1.08. The fraction of sp³-hybridized carbons (Fsp3) is 0.0735. The van der Waals surface area contributed by atoms with E-state index in [0.29, 0.717) is 5.82 Å². The van der Waals surface area contributed by atoms with Gasteiger partial charge in [0.2, 0.25) is 0 Å². The molecule has 2 aliphatic rings. The number of hydrogen-bond donors (Lipinski definition) is 0. The van der Waals surface area contributed by atoms with Crippen molar-refractivity contribution in [1.82, 2.24) is 15.0 Å². The summed E-state index contributed by atoms with van der Waals surface area (Å²) in [5, 5.41) is 0. The molecule has 348 valence electrons. The SMILES string of the molecule is Cc1ccc2c(c1)-c1ccccc1C1(c3ccccc3-c3cc(C)ccc3N2c2ccccc2)c2cc(C)ccc2N(c2ccc(-c3nc(-c4ccccc4)cc(-c4ccncc4)n3)cc2)c2ccc(C)cc21. The minimum Gasteiger partial charge on any atom is -0.310 e. The molecule has 0 atom stereocenters. The molecule has 11 aromatic rings. The van der Waals surface area contributed by atoms with Crippen LogP contribution in [0.1, 0.15) is 44.5 Å². The van der Waals surface area contributed by atoms with Crippen LogP contribution in [-0.4, -0.2) is 15.0 Å². The zero-order chi connectivity index (χ0) is 49.2. The van der Waals surface area contributed by atoms with Crippen molar-refractivity contribution in [3.63, 3.8) is 0 Å². The normalized spacial score (nSPS) is 13.0. The van der Waals surface area contributed by atoms with E-state index in [2.05, 4.69) is 249 Å². The molecule has 9 aromatic carbocycles. The van der Waals surface area contributed by atoms with E-state index < -0.39 is 5.41 Å². The van der Waals surface area contributed by atoms with Crippen LogP contribution in [0.5, 0.6) is 0 Å². The van der Waals surface area contributed by atoms with Crippen LogP contribution in [0.15, 0.2) is 237 Å². The summed E-state index contributed by atoms with van der Waals surface area (Å²) in [5.74, 6) is 0.663. The molecule has 4 heterocycles. The first kappa shape index (κ1) is 43.8. The number of aryl methyl sites for hydroxylation is 4. The van der Waals surface area contributed by atoms with Crippen molar-refractivity contribution in [1.29, 1.82) is 0 Å². The van der Waals surface area contributed by atoms with Crippen molar-refractivity contribution < 1.29 is 0 Å². The molecule has 2 aromatic heterocycles. The number of aromatic nitrogens is 3. The maximum absolute atomic E-state index is 5.18. The van der Waals surface area contributed by atoms with Crippen molar-refractivity contribution in [2.75, 3.05) is 9.80 Å². The topological polar surface area (TPSA) is 45.2 Å². The van der Waals surface area contributed by atoms with Gasteiger partial charge in [0.05, 0.1) is 39.6 Å². The maximum Gasteiger partial charge on any atom is 0.160 e. The van der Waals surface area contributed by atoms with E-state index in [1.54, 1.807) is 0 Å². The fourth-order valence-electron chi connectivity index (χ4n) is 11.5. The van der Waals surface area contributed by atoms with Crippen molar-refractivity contribution in [2.24, 2.45) is 0 Å². The monoisotopic (exact) mass is 937 g/mol. The number of para-hydroxylation sites is 1. The second-order valence-corrected chi connectivity index (χ2v) is 19.5. The van der Waals surface area contributed by atoms with Gasteiger partial charge in [-0.25, -0.2) is 9.97 Å². The molecule has 2 aliphatic heterocycles. The summed E-state index contributed by atoms with van der Waals surface area (Å²) < 4.78 is 0. The summed E-state index contributed by atoms with van der Waals surface area (Å²) in [6, 6.07) is 82.5. The van der Waals surface area contributed by atoms with Gasteiger partial charge in [0, 0.05) is 51.6 Å². The Kier molecular flexibility index (Phi) is 10.6. The van der Waals surface area contributed by atoms with Crippen LogP contribution in [0.4, 0.5) is 34.1 Å². The molecule has 0 unspecified atom stereocenters. The van der Waals surface area contributed by atoms with Gasteiger partial charge in [0.25, 0.3) is 0 Å². The van der Waals surface area contributed by atoms with Gasteiger partial charge in [0.1, 0.15) is 0 Å². The van der Waals surface area contributed by atoms with Crippen molar-refractivity contribution in [2.45, 2.75) is 33.1 Å². The Morgan fingerprint density at radius 2 is 0.740 bits per heavy atom. The molecule has 0 saturated heterocycles. The zero-order valence-electron chi connectivity index (χ0n) is 41.3. The third-order valence-electron chi connectivity index (χ3n) is 14.8. The fourth-order valence-corrected chi connectivity index (χ4v) is 11.5. The highest BCUT2D eigenvalue weighted by molar-refractivity contribution is 6.00. The molecule has 5 heteroatoms. The molecule has 13 rings (SSSR count). The molecule has 5 nitrogen and oxygen atoms in total. The minimum absolute atomic E-state index is 0.663. The Bertz CT molecular complexity index is 3690. The molecular weight excluding hydrogens is 887 g/mol. The van der Waals surface area contributed by atoms with E-state index in [0.717, 1.165) is 62.2 Å². The first-order valence-corrected chi connectivity index (χ1v) is 25.1. The van der Waals surface area contributed by atoms with E-state index in [-0.39, 0.29) is 0 Å². The quantitative estimate of drug-likeness (QED) is 0.172. The van der Waals surface area contributed by atoms with Crippen LogP contribution in [0.3, 0.4) is 0 Å². The molecule has 0 saturated carbocycles. The molecule has 0 aliphatic carbocycles. The molecular formula is C68H51N5. The standard InChI is InChI=1S/C68H51N5/c1-44-23-31-63-55(39-44)53-19-11-13-21-57(53)68(58-22-14-12-20-54(58)56-40-45(2)24-32-64(56)72(63)51-17-9-6-10-18-51)59-41-46(3)25-33-65(59)73(66-34-26-47(4)42-60(66)68)52-29-27-50(28-30-52)67-70-61(48-15-7-5-8-16-48)43-62(71-67)49-35-37-69-38-36-49/h5-43H,1-4H3. The first-order valence-electron chi connectivity index (χ1n) is 25.1. The predicted molar refractivity (Wildman–Crippen MR) is 301 cm³/mol. The third-order valence-corrected chi connectivity index (χ3v) is 14.8. The number of anilines is 6. The summed E-state index contributed by atoms with van der Waals surface area (Å²) in [5.41, 5.74) is 25.0. The summed E-state index contributed by atoms with van der Waals surface area (Å²) in [7, 11) is 0. The predicted octanol–water partition coefficient (Wildman–Crippen LogP) is 17.4. The molecule has 0 N–H and O–H groups in total. The van der Waals surface area contributed by atoms with Crippen LogP contribution in [0.2, 0.25) is 0 Å². The number of pyridine rings is 1. The lowest BCUT2D eigenvalue weighted by atomic mass is 9.59. The van der Waals surface area contributed by atoms with E-state index in [9.17, 15) is 0 Å². The van der Waals surface area contributed by atoms with Crippen LogP contribution >= 0.6 is 0 Å². The number of nitrogens with zero attached hydrogens (tertiary/aromatic N) is 5. The molecule has 1 spiro atoms. The van der Waals surface area contributed by atoms with Crippen LogP contribution < -0.4 is 9.80 Å². The summed E-state index contributed by atoms with van der Waals surface area (Å²) >= 11 is 0. The highest BCUT2D eigenvalue weighted by Crippen LogP contribution is 2.62. The first-order chi connectivity index (χ1) is 35.8.